The van der Waals surface area contributed by atoms with Gasteiger partial charge in [-0.2, -0.15) is 11.8 Å². The van der Waals surface area contributed by atoms with Crippen molar-refractivity contribution in [1.29, 1.82) is 0 Å². The van der Waals surface area contributed by atoms with Crippen molar-refractivity contribution in [3.8, 4) is 0 Å². The quantitative estimate of drug-likeness (QED) is 0.858. The number of H-pyrrole nitrogens is 1. The third-order valence-corrected chi connectivity index (χ3v) is 6.14. The zero-order chi connectivity index (χ0) is 14.3. The Morgan fingerprint density at radius 1 is 1.45 bits per heavy atom. The molecule has 1 N–H and O–H groups in total. The largest absolute Gasteiger partial charge is 0.317 e. The molecule has 20 heavy (non-hydrogen) atoms. The zero-order valence-corrected chi connectivity index (χ0v) is 12.7. The van der Waals surface area contributed by atoms with Gasteiger partial charge in [-0.25, -0.2) is 13.4 Å². The van der Waals surface area contributed by atoms with Crippen molar-refractivity contribution in [1.82, 2.24) is 20.1 Å². The number of aromatic nitrogens is 3. The topological polar surface area (TPSA) is 96.0 Å². The number of sulfone groups is 1. The minimum Gasteiger partial charge on any atom is -0.317 e. The maximum absolute atomic E-state index is 12.4. The van der Waals surface area contributed by atoms with E-state index in [1.54, 1.807) is 11.8 Å². The van der Waals surface area contributed by atoms with Crippen molar-refractivity contribution in [2.75, 3.05) is 24.3 Å². The summed E-state index contributed by atoms with van der Waals surface area (Å²) in [5.41, 5.74) is 0. The molecule has 2 heterocycles. The number of nitrogens with zero attached hydrogens (tertiary/aromatic N) is 3. The lowest BCUT2D eigenvalue weighted by atomic mass is 10.4. The van der Waals surface area contributed by atoms with Gasteiger partial charge in [0.25, 0.3) is 5.91 Å². The minimum atomic E-state index is -3.31. The second kappa shape index (κ2) is 5.03. The Balaban J connectivity index is 1.83. The molecule has 1 aromatic heterocycles. The third kappa shape index (κ3) is 2.69. The molecule has 0 aromatic carbocycles. The molecule has 2 fully saturated rings. The van der Waals surface area contributed by atoms with Crippen LogP contribution in [0.2, 0.25) is 0 Å². The summed E-state index contributed by atoms with van der Waals surface area (Å²) in [6, 6.07) is 0. The molecule has 1 saturated heterocycles. The van der Waals surface area contributed by atoms with Gasteiger partial charge < -0.3 is 4.90 Å². The van der Waals surface area contributed by atoms with Crippen LogP contribution in [0, 0.1) is 0 Å². The van der Waals surface area contributed by atoms with E-state index in [0.29, 0.717) is 18.2 Å². The highest BCUT2D eigenvalue weighted by molar-refractivity contribution is 8.00. The minimum absolute atomic E-state index is 0.0763. The lowest BCUT2D eigenvalue weighted by Gasteiger charge is -2.33. The highest BCUT2D eigenvalue weighted by Crippen LogP contribution is 2.37. The second-order valence-electron chi connectivity index (χ2n) is 5.18. The monoisotopic (exact) mass is 316 g/mol. The van der Waals surface area contributed by atoms with E-state index < -0.39 is 21.1 Å². The summed E-state index contributed by atoms with van der Waals surface area (Å²) >= 11 is 1.54. The molecular weight excluding hydrogens is 300 g/mol. The third-order valence-electron chi connectivity index (χ3n) is 3.50. The van der Waals surface area contributed by atoms with Crippen molar-refractivity contribution in [2.24, 2.45) is 0 Å². The summed E-state index contributed by atoms with van der Waals surface area (Å²) in [7, 11) is -3.31. The van der Waals surface area contributed by atoms with Crippen LogP contribution in [0.1, 0.15) is 35.2 Å². The first kappa shape index (κ1) is 13.9. The standard InChI is InChI=1S/C11H16N4O3S2/c1-20(17,18)8-6-19-5-4-15(8)11(16)10-12-9(13-14-10)7-2-3-7/h7-8H,2-6H2,1H3,(H,12,13,14). The number of hydrogen-bond donors (Lipinski definition) is 1. The summed E-state index contributed by atoms with van der Waals surface area (Å²) in [4.78, 5) is 18.0. The second-order valence-corrected chi connectivity index (χ2v) is 8.53. The number of rotatable bonds is 3. The van der Waals surface area contributed by atoms with Crippen molar-refractivity contribution < 1.29 is 13.2 Å². The highest BCUT2D eigenvalue weighted by atomic mass is 32.2. The predicted octanol–water partition coefficient (Wildman–Crippen LogP) is 0.242. The van der Waals surface area contributed by atoms with Crippen LogP contribution >= 0.6 is 11.8 Å². The first-order chi connectivity index (χ1) is 9.47. The Labute approximate surface area is 121 Å². The molecule has 110 valence electrons. The number of hydrogen-bond acceptors (Lipinski definition) is 6. The van der Waals surface area contributed by atoms with Crippen LogP contribution in [0.4, 0.5) is 0 Å². The van der Waals surface area contributed by atoms with Crippen molar-refractivity contribution >= 4 is 27.5 Å². The molecule has 1 atom stereocenters. The molecule has 0 spiro atoms. The lowest BCUT2D eigenvalue weighted by Crippen LogP contribution is -2.50. The molecule has 9 heteroatoms. The maximum atomic E-state index is 12.4. The Hall–Kier alpha value is -1.09. The molecule has 1 aliphatic carbocycles. The van der Waals surface area contributed by atoms with Crippen LogP contribution in [0.3, 0.4) is 0 Å². The van der Waals surface area contributed by atoms with E-state index in [4.69, 9.17) is 0 Å². The highest BCUT2D eigenvalue weighted by Gasteiger charge is 2.37. The first-order valence-corrected chi connectivity index (χ1v) is 9.57. The first-order valence-electron chi connectivity index (χ1n) is 6.46. The fourth-order valence-electron chi connectivity index (χ4n) is 2.21. The zero-order valence-electron chi connectivity index (χ0n) is 11.1. The Morgan fingerprint density at radius 3 is 2.85 bits per heavy atom. The number of carbonyl (C=O) groups is 1. The molecule has 1 aromatic rings. The van der Waals surface area contributed by atoms with Gasteiger partial charge in [0, 0.05) is 30.2 Å². The van der Waals surface area contributed by atoms with Gasteiger partial charge in [-0.1, -0.05) is 0 Å². The van der Waals surface area contributed by atoms with Gasteiger partial charge in [0.2, 0.25) is 5.82 Å². The van der Waals surface area contributed by atoms with E-state index in [1.807, 2.05) is 0 Å². The summed E-state index contributed by atoms with van der Waals surface area (Å²) in [5.74, 6) is 1.93. The molecule has 0 bridgehead atoms. The summed E-state index contributed by atoms with van der Waals surface area (Å²) in [5, 5.41) is 5.94. The maximum Gasteiger partial charge on any atom is 0.294 e. The fourth-order valence-corrected chi connectivity index (χ4v) is 5.02. The van der Waals surface area contributed by atoms with Crippen LogP contribution in [-0.4, -0.2) is 64.1 Å². The van der Waals surface area contributed by atoms with E-state index in [1.165, 1.54) is 4.90 Å². The molecule has 2 aliphatic rings. The van der Waals surface area contributed by atoms with Crippen LogP contribution in [0.25, 0.3) is 0 Å². The van der Waals surface area contributed by atoms with Gasteiger partial charge >= 0.3 is 0 Å². The molecular formula is C11H16N4O3S2. The molecule has 1 saturated carbocycles. The average molecular weight is 316 g/mol. The predicted molar refractivity (Wildman–Crippen MR) is 75.4 cm³/mol. The van der Waals surface area contributed by atoms with E-state index in [2.05, 4.69) is 15.2 Å². The number of nitrogens with one attached hydrogen (secondary N) is 1. The van der Waals surface area contributed by atoms with Gasteiger partial charge in [-0.15, -0.1) is 5.10 Å². The van der Waals surface area contributed by atoms with Crippen molar-refractivity contribution in [3.05, 3.63) is 11.6 Å². The van der Waals surface area contributed by atoms with Gasteiger partial charge in [-0.3, -0.25) is 9.89 Å². The molecule has 1 unspecified atom stereocenters. The fraction of sp³-hybridized carbons (Fsp3) is 0.727. The van der Waals surface area contributed by atoms with E-state index in [-0.39, 0.29) is 5.82 Å². The number of amides is 1. The molecule has 1 aliphatic heterocycles. The smallest absolute Gasteiger partial charge is 0.294 e. The molecule has 0 radical (unpaired) electrons. The van der Waals surface area contributed by atoms with Crippen molar-refractivity contribution in [2.45, 2.75) is 24.1 Å². The van der Waals surface area contributed by atoms with Crippen LogP contribution in [-0.2, 0) is 9.84 Å². The Bertz CT molecular complexity index is 623. The van der Waals surface area contributed by atoms with Crippen LogP contribution < -0.4 is 0 Å². The van der Waals surface area contributed by atoms with E-state index in [9.17, 15) is 13.2 Å². The Kier molecular flexibility index (Phi) is 3.49. The molecule has 1 amide bonds. The number of aromatic amines is 1. The molecule has 7 nitrogen and oxygen atoms in total. The average Bonchev–Trinajstić information content (AvgIpc) is 3.15. The van der Waals surface area contributed by atoms with E-state index >= 15 is 0 Å². The van der Waals surface area contributed by atoms with Crippen LogP contribution in [0.5, 0.6) is 0 Å². The van der Waals surface area contributed by atoms with E-state index in [0.717, 1.165) is 30.7 Å². The van der Waals surface area contributed by atoms with Gasteiger partial charge in [0.15, 0.2) is 9.84 Å². The number of thioether (sulfide) groups is 1. The van der Waals surface area contributed by atoms with Crippen LogP contribution in [0.15, 0.2) is 0 Å². The van der Waals surface area contributed by atoms with Gasteiger partial charge in [0.05, 0.1) is 0 Å². The normalized spacial score (nSPS) is 23.9. The summed E-state index contributed by atoms with van der Waals surface area (Å²) in [6.07, 6.45) is 3.29. The van der Waals surface area contributed by atoms with Crippen molar-refractivity contribution in [3.63, 3.8) is 0 Å². The Morgan fingerprint density at radius 2 is 2.20 bits per heavy atom. The van der Waals surface area contributed by atoms with Gasteiger partial charge in [0.1, 0.15) is 11.2 Å². The summed E-state index contributed by atoms with van der Waals surface area (Å²) in [6.45, 7) is 0.411. The number of carbonyl (C=O) groups excluding carboxylic acids is 1. The lowest BCUT2D eigenvalue weighted by molar-refractivity contribution is 0.0737. The summed E-state index contributed by atoms with van der Waals surface area (Å²) < 4.78 is 23.6. The molecule has 3 rings (SSSR count). The SMILES string of the molecule is CS(=O)(=O)C1CSCCN1C(=O)c1n[nH]c(C2CC2)n1. The van der Waals surface area contributed by atoms with Gasteiger partial charge in [-0.05, 0) is 12.8 Å².